The summed E-state index contributed by atoms with van der Waals surface area (Å²) < 4.78 is 0. The summed E-state index contributed by atoms with van der Waals surface area (Å²) >= 11 is 0. The Kier molecular flexibility index (Phi) is 46.4. The summed E-state index contributed by atoms with van der Waals surface area (Å²) in [6.07, 6.45) is 74.6. The van der Waals surface area contributed by atoms with Crippen LogP contribution in [0.4, 0.5) is 0 Å². The SMILES string of the molecule is CCCCCCCCC1C(CCCCCC)CCC(CCCCCCN)C1CCCCCCCC(C)(C)C(C)(C)NC(=O)CCCCCCCC1CCC(CCCCCC)C(CCCCCCCC)C1CCCCCCCC=O. The van der Waals surface area contributed by atoms with Gasteiger partial charge in [-0.15, -0.1) is 0 Å². The van der Waals surface area contributed by atoms with Crippen LogP contribution in [0.5, 0.6) is 0 Å². The zero-order valence-electron chi connectivity index (χ0n) is 55.5. The highest BCUT2D eigenvalue weighted by Gasteiger charge is 2.40. The Balaban J connectivity index is 1.85. The van der Waals surface area contributed by atoms with Gasteiger partial charge in [0.15, 0.2) is 0 Å². The van der Waals surface area contributed by atoms with Crippen LogP contribution in [0, 0.1) is 52.8 Å². The Bertz CT molecular complexity index is 1360. The van der Waals surface area contributed by atoms with Crippen LogP contribution < -0.4 is 11.1 Å². The quantitative estimate of drug-likeness (QED) is 0.0471. The van der Waals surface area contributed by atoms with Gasteiger partial charge in [-0.25, -0.2) is 0 Å². The van der Waals surface area contributed by atoms with Crippen molar-refractivity contribution in [2.45, 2.75) is 408 Å². The molecule has 4 heteroatoms. The monoisotopic (exact) mass is 1110 g/mol. The van der Waals surface area contributed by atoms with Gasteiger partial charge in [0.25, 0.3) is 0 Å². The minimum atomic E-state index is -0.211. The third kappa shape index (κ3) is 34.6. The molecule has 0 bridgehead atoms. The number of nitrogens with one attached hydrogen (secondary N) is 1. The third-order valence-corrected chi connectivity index (χ3v) is 21.8. The van der Waals surface area contributed by atoms with Crippen molar-refractivity contribution in [3.05, 3.63) is 0 Å². The van der Waals surface area contributed by atoms with Crippen molar-refractivity contribution in [3.63, 3.8) is 0 Å². The molecule has 0 saturated heterocycles. The summed E-state index contributed by atoms with van der Waals surface area (Å²) in [7, 11) is 0. The van der Waals surface area contributed by atoms with Crippen molar-refractivity contribution < 1.29 is 9.59 Å². The van der Waals surface area contributed by atoms with Crippen LogP contribution in [0.25, 0.3) is 0 Å². The van der Waals surface area contributed by atoms with E-state index in [1.807, 2.05) is 0 Å². The highest BCUT2D eigenvalue weighted by Crippen LogP contribution is 2.50. The predicted octanol–water partition coefficient (Wildman–Crippen LogP) is 24.2. The molecule has 4 nitrogen and oxygen atoms in total. The normalized spacial score (nSPS) is 21.9. The van der Waals surface area contributed by atoms with Gasteiger partial charge in [0, 0.05) is 18.4 Å². The first-order chi connectivity index (χ1) is 38.5. The molecule has 0 aromatic heterocycles. The van der Waals surface area contributed by atoms with Gasteiger partial charge in [-0.3, -0.25) is 4.79 Å². The van der Waals surface area contributed by atoms with Gasteiger partial charge in [0.2, 0.25) is 5.91 Å². The van der Waals surface area contributed by atoms with Crippen molar-refractivity contribution in [2.75, 3.05) is 6.54 Å². The lowest BCUT2D eigenvalue weighted by atomic mass is 9.61. The maximum Gasteiger partial charge on any atom is 0.220 e. The Morgan fingerprint density at radius 2 is 0.658 bits per heavy atom. The molecule has 2 rings (SSSR count). The van der Waals surface area contributed by atoms with E-state index in [1.54, 1.807) is 0 Å². The van der Waals surface area contributed by atoms with Crippen molar-refractivity contribution >= 4 is 12.2 Å². The van der Waals surface area contributed by atoms with Crippen LogP contribution in [0.3, 0.4) is 0 Å². The lowest BCUT2D eigenvalue weighted by Gasteiger charge is -2.44. The average Bonchev–Trinajstić information content (AvgIpc) is 3.51. The second-order valence-electron chi connectivity index (χ2n) is 28.8. The number of hydrogen-bond acceptors (Lipinski definition) is 3. The van der Waals surface area contributed by atoms with E-state index in [9.17, 15) is 9.59 Å². The summed E-state index contributed by atoms with van der Waals surface area (Å²) in [5.41, 5.74) is 5.74. The molecule has 79 heavy (non-hydrogen) atoms. The molecule has 0 aromatic rings. The van der Waals surface area contributed by atoms with E-state index in [4.69, 9.17) is 5.73 Å². The van der Waals surface area contributed by atoms with E-state index in [0.29, 0.717) is 6.42 Å². The standard InChI is InChI=1S/C75H146N2O2/c1-9-13-17-21-28-41-53-69-65(49-37-19-15-11-3)58-60-67(71(69)55-43-30-23-24-36-48-64-78)51-39-27-25-32-45-57-73(79)77-75(7,8)74(5,6)62-46-34-26-31-44-56-72-68(52-40-33-35-47-63-76)61-59-66(50-38-20-16-12-4)70(72)54-42-29-22-18-14-10-2/h64-72H,9-63,76H2,1-8H3,(H,77,79). The molecule has 3 N–H and O–H groups in total. The van der Waals surface area contributed by atoms with Crippen molar-refractivity contribution in [2.24, 2.45) is 58.5 Å². The van der Waals surface area contributed by atoms with E-state index in [-0.39, 0.29) is 16.9 Å². The van der Waals surface area contributed by atoms with Gasteiger partial charge in [0.05, 0.1) is 0 Å². The maximum atomic E-state index is 13.5. The Morgan fingerprint density at radius 3 is 1.00 bits per heavy atom. The Morgan fingerprint density at radius 1 is 0.380 bits per heavy atom. The van der Waals surface area contributed by atoms with Gasteiger partial charge in [-0.2, -0.15) is 0 Å². The second kappa shape index (κ2) is 49.4. The summed E-state index contributed by atoms with van der Waals surface area (Å²) in [6, 6.07) is 0. The van der Waals surface area contributed by atoms with Gasteiger partial charge < -0.3 is 15.8 Å². The number of carbonyl (C=O) groups excluding carboxylic acids is 2. The summed E-state index contributed by atoms with van der Waals surface area (Å²) in [4.78, 5) is 24.4. The molecule has 0 radical (unpaired) electrons. The molecule has 0 spiro atoms. The van der Waals surface area contributed by atoms with Crippen LogP contribution in [-0.2, 0) is 9.59 Å². The van der Waals surface area contributed by atoms with E-state index in [1.165, 1.54) is 321 Å². The van der Waals surface area contributed by atoms with Crippen molar-refractivity contribution in [3.8, 4) is 0 Å². The third-order valence-electron chi connectivity index (χ3n) is 21.8. The van der Waals surface area contributed by atoms with Gasteiger partial charge in [0.1, 0.15) is 6.29 Å². The minimum absolute atomic E-state index is 0.0643. The molecule has 8 unspecified atom stereocenters. The highest BCUT2D eigenvalue weighted by molar-refractivity contribution is 5.76. The van der Waals surface area contributed by atoms with Crippen LogP contribution in [0.2, 0.25) is 0 Å². The smallest absolute Gasteiger partial charge is 0.220 e. The molecule has 2 fully saturated rings. The first kappa shape index (κ1) is 74.2. The Hall–Kier alpha value is -0.900. The molecule has 1 amide bonds. The lowest BCUT2D eigenvalue weighted by molar-refractivity contribution is -0.124. The molecule has 2 aliphatic rings. The number of aldehydes is 1. The topological polar surface area (TPSA) is 72.2 Å². The van der Waals surface area contributed by atoms with E-state index in [0.717, 1.165) is 79.4 Å². The number of nitrogens with two attached hydrogens (primary N) is 1. The van der Waals surface area contributed by atoms with E-state index < -0.39 is 0 Å². The van der Waals surface area contributed by atoms with E-state index in [2.05, 4.69) is 60.7 Å². The fourth-order valence-corrected chi connectivity index (χ4v) is 16.0. The van der Waals surface area contributed by atoms with Gasteiger partial charge in [-0.1, -0.05) is 298 Å². The molecular formula is C75H146N2O2. The van der Waals surface area contributed by atoms with Crippen LogP contribution >= 0.6 is 0 Å². The number of carbonyl (C=O) groups is 2. The molecule has 2 saturated carbocycles. The second-order valence-corrected chi connectivity index (χ2v) is 28.8. The van der Waals surface area contributed by atoms with Crippen LogP contribution in [0.1, 0.15) is 402 Å². The number of unbranched alkanes of at least 4 members (excludes halogenated alkanes) is 32. The van der Waals surface area contributed by atoms with E-state index >= 15 is 0 Å². The van der Waals surface area contributed by atoms with Crippen LogP contribution in [0.15, 0.2) is 0 Å². The lowest BCUT2D eigenvalue weighted by Crippen LogP contribution is -2.53. The fraction of sp³-hybridized carbons (Fsp3) is 0.973. The highest BCUT2D eigenvalue weighted by atomic mass is 16.1. The molecule has 0 aliphatic heterocycles. The van der Waals surface area contributed by atoms with Crippen LogP contribution in [-0.4, -0.2) is 24.3 Å². The summed E-state index contributed by atoms with van der Waals surface area (Å²) in [6.45, 7) is 19.7. The summed E-state index contributed by atoms with van der Waals surface area (Å²) in [5.74, 6) is 7.89. The fourth-order valence-electron chi connectivity index (χ4n) is 16.0. The van der Waals surface area contributed by atoms with Crippen molar-refractivity contribution in [1.29, 1.82) is 0 Å². The van der Waals surface area contributed by atoms with Gasteiger partial charge in [-0.05, 0) is 150 Å². The van der Waals surface area contributed by atoms with Gasteiger partial charge >= 0.3 is 0 Å². The molecule has 0 heterocycles. The molecule has 8 atom stereocenters. The molecule has 0 aromatic carbocycles. The first-order valence-corrected chi connectivity index (χ1v) is 36.9. The maximum absolute atomic E-state index is 13.5. The zero-order chi connectivity index (χ0) is 57.5. The summed E-state index contributed by atoms with van der Waals surface area (Å²) in [5, 5.41) is 3.55. The largest absolute Gasteiger partial charge is 0.351 e. The molecule has 468 valence electrons. The number of amides is 1. The Labute approximate surface area is 497 Å². The predicted molar refractivity (Wildman–Crippen MR) is 351 cm³/mol. The minimum Gasteiger partial charge on any atom is -0.351 e. The average molecular weight is 1110 g/mol. The van der Waals surface area contributed by atoms with Crippen molar-refractivity contribution in [1.82, 2.24) is 5.32 Å². The molecular weight excluding hydrogens is 961 g/mol. The zero-order valence-corrected chi connectivity index (χ0v) is 55.5. The molecule has 2 aliphatic carbocycles. The number of rotatable bonds is 56. The first-order valence-electron chi connectivity index (χ1n) is 36.9. The number of hydrogen-bond donors (Lipinski definition) is 2.